The minimum absolute atomic E-state index is 0.125. The van der Waals surface area contributed by atoms with Crippen LogP contribution in [-0.2, 0) is 38.0 Å². The molecule has 1 heterocycles. The molecule has 9 atom stereocenters. The predicted molar refractivity (Wildman–Crippen MR) is 181 cm³/mol. The van der Waals surface area contributed by atoms with Crippen molar-refractivity contribution in [1.82, 2.24) is 0 Å². The van der Waals surface area contributed by atoms with Gasteiger partial charge < -0.3 is 28.4 Å². The highest BCUT2D eigenvalue weighted by molar-refractivity contribution is 5.91. The van der Waals surface area contributed by atoms with Crippen molar-refractivity contribution in [1.29, 1.82) is 0 Å². The molecule has 0 radical (unpaired) electrons. The number of carbonyl (C=O) groups is 5. The van der Waals surface area contributed by atoms with E-state index in [9.17, 15) is 24.0 Å². The van der Waals surface area contributed by atoms with E-state index in [4.69, 9.17) is 28.4 Å². The molecule has 0 aromatic heterocycles. The zero-order valence-corrected chi connectivity index (χ0v) is 29.4. The highest BCUT2D eigenvalue weighted by atomic mass is 16.6. The first-order valence-electron chi connectivity index (χ1n) is 17.0. The number of hydrogen-bond acceptors (Lipinski definition) is 11. The standard InChI is InChI=1S/C40H42O11/c1-23-22-29(48-35(43)26-16-10-7-11-17-26)32(46-24(2)41)39(6)34(50-37(45)28-20-14-9-15-21-28)31(49-36(44)27-18-12-8-13-19-27)30-33(47-25(3)42)40(23,39)51-38(30,4)5/h7-21,23,29-34H,22H2,1-6H3/t23-,29+,30-,31-,32+,33-,34-,39+,40-/m1/s1. The Morgan fingerprint density at radius 2 is 1.02 bits per heavy atom. The minimum atomic E-state index is -1.66. The second kappa shape index (κ2) is 13.6. The first-order chi connectivity index (χ1) is 24.2. The average molecular weight is 699 g/mol. The number of ether oxygens (including phenoxy) is 6. The highest BCUT2D eigenvalue weighted by Gasteiger charge is 2.84. The molecule has 51 heavy (non-hydrogen) atoms. The molecule has 2 bridgehead atoms. The van der Waals surface area contributed by atoms with E-state index in [1.165, 1.54) is 13.8 Å². The topological polar surface area (TPSA) is 141 Å². The maximum atomic E-state index is 14.1. The van der Waals surface area contributed by atoms with Crippen molar-refractivity contribution in [2.24, 2.45) is 17.3 Å². The Morgan fingerprint density at radius 3 is 1.49 bits per heavy atom. The normalized spacial score (nSPS) is 31.7. The van der Waals surface area contributed by atoms with Crippen molar-refractivity contribution in [3.8, 4) is 0 Å². The molecule has 3 fully saturated rings. The number of fused-ring (bicyclic) bond motifs is 1. The molecule has 0 N–H and O–H groups in total. The van der Waals surface area contributed by atoms with Gasteiger partial charge in [0.05, 0.1) is 33.6 Å². The van der Waals surface area contributed by atoms with Gasteiger partial charge in [-0.25, -0.2) is 14.4 Å². The SMILES string of the molecule is CC(=O)O[C@@H]1[C@H]2[C@@H](OC(=O)c3ccccc3)[C@@H](OC(=O)c3ccccc3)[C@]3(C)[C@@H](OC(C)=O)[C@@H](OC(=O)c4ccccc4)C[C@@H](C)[C@@]13OC2(C)C. The zero-order chi connectivity index (χ0) is 36.7. The molecule has 3 aromatic carbocycles. The van der Waals surface area contributed by atoms with Crippen molar-refractivity contribution >= 4 is 29.8 Å². The van der Waals surface area contributed by atoms with E-state index in [0.717, 1.165) is 0 Å². The molecule has 3 aromatic rings. The van der Waals surface area contributed by atoms with E-state index in [2.05, 4.69) is 0 Å². The highest BCUT2D eigenvalue weighted by Crippen LogP contribution is 2.68. The lowest BCUT2D eigenvalue weighted by atomic mass is 9.47. The lowest BCUT2D eigenvalue weighted by molar-refractivity contribution is -0.313. The summed E-state index contributed by atoms with van der Waals surface area (Å²) >= 11 is 0. The first-order valence-corrected chi connectivity index (χ1v) is 17.0. The summed E-state index contributed by atoms with van der Waals surface area (Å²) in [6.07, 6.45) is -6.05. The predicted octanol–water partition coefficient (Wildman–Crippen LogP) is 5.75. The molecule has 3 aliphatic rings. The molecular weight excluding hydrogens is 656 g/mol. The maximum absolute atomic E-state index is 14.1. The summed E-state index contributed by atoms with van der Waals surface area (Å²) in [5.41, 5.74) is -3.58. The van der Waals surface area contributed by atoms with Gasteiger partial charge in [0.25, 0.3) is 0 Å². The van der Waals surface area contributed by atoms with Gasteiger partial charge in [0, 0.05) is 13.8 Å². The Hall–Kier alpha value is -5.03. The monoisotopic (exact) mass is 698 g/mol. The molecule has 0 amide bonds. The van der Waals surface area contributed by atoms with E-state index in [-0.39, 0.29) is 23.1 Å². The van der Waals surface area contributed by atoms with Crippen LogP contribution < -0.4 is 0 Å². The lowest BCUT2D eigenvalue weighted by Gasteiger charge is -2.63. The van der Waals surface area contributed by atoms with Crippen LogP contribution in [0.1, 0.15) is 79.0 Å². The van der Waals surface area contributed by atoms with Gasteiger partial charge in [-0.3, -0.25) is 9.59 Å². The molecule has 1 saturated heterocycles. The Balaban J connectivity index is 1.57. The van der Waals surface area contributed by atoms with Crippen LogP contribution in [0, 0.1) is 17.3 Å². The first kappa shape index (κ1) is 35.8. The minimum Gasteiger partial charge on any atom is -0.459 e. The number of hydrogen-bond donors (Lipinski definition) is 0. The fraction of sp³-hybridized carbons (Fsp3) is 0.425. The van der Waals surface area contributed by atoms with E-state index >= 15 is 0 Å². The van der Waals surface area contributed by atoms with Crippen LogP contribution in [0.4, 0.5) is 0 Å². The molecule has 268 valence electrons. The van der Waals surface area contributed by atoms with Crippen molar-refractivity contribution < 1.29 is 52.4 Å². The fourth-order valence-corrected chi connectivity index (χ4v) is 8.71. The van der Waals surface area contributed by atoms with Crippen LogP contribution in [0.25, 0.3) is 0 Å². The van der Waals surface area contributed by atoms with Gasteiger partial charge in [0.2, 0.25) is 0 Å². The van der Waals surface area contributed by atoms with E-state index in [1.807, 2.05) is 6.92 Å². The molecule has 0 unspecified atom stereocenters. The van der Waals surface area contributed by atoms with Gasteiger partial charge in [-0.15, -0.1) is 0 Å². The smallest absolute Gasteiger partial charge is 0.338 e. The summed E-state index contributed by atoms with van der Waals surface area (Å²) in [6, 6.07) is 25.0. The number of esters is 5. The van der Waals surface area contributed by atoms with Gasteiger partial charge in [0.15, 0.2) is 12.2 Å². The summed E-state index contributed by atoms with van der Waals surface area (Å²) in [4.78, 5) is 67.5. The van der Waals surface area contributed by atoms with Gasteiger partial charge >= 0.3 is 29.8 Å². The van der Waals surface area contributed by atoms with Crippen LogP contribution >= 0.6 is 0 Å². The van der Waals surface area contributed by atoms with Gasteiger partial charge in [-0.05, 0) is 69.5 Å². The second-order valence-electron chi connectivity index (χ2n) is 14.2. The van der Waals surface area contributed by atoms with Crippen molar-refractivity contribution in [2.75, 3.05) is 0 Å². The van der Waals surface area contributed by atoms with Crippen molar-refractivity contribution in [3.63, 3.8) is 0 Å². The third-order valence-corrected chi connectivity index (χ3v) is 10.7. The Kier molecular flexibility index (Phi) is 9.54. The molecule has 11 nitrogen and oxygen atoms in total. The lowest BCUT2D eigenvalue weighted by Crippen LogP contribution is -2.79. The molecule has 1 spiro atoms. The second-order valence-corrected chi connectivity index (χ2v) is 14.2. The Bertz CT molecular complexity index is 1790. The van der Waals surface area contributed by atoms with Gasteiger partial charge in [0.1, 0.15) is 23.9 Å². The van der Waals surface area contributed by atoms with Crippen LogP contribution in [0.2, 0.25) is 0 Å². The maximum Gasteiger partial charge on any atom is 0.338 e. The molecule has 2 saturated carbocycles. The number of rotatable bonds is 8. The van der Waals surface area contributed by atoms with Gasteiger partial charge in [-0.1, -0.05) is 61.5 Å². The van der Waals surface area contributed by atoms with Crippen LogP contribution in [0.3, 0.4) is 0 Å². The molecular formula is C40H42O11. The summed E-state index contributed by atoms with van der Waals surface area (Å²) in [7, 11) is 0. The van der Waals surface area contributed by atoms with E-state index < -0.39 is 88.8 Å². The third kappa shape index (κ3) is 6.17. The van der Waals surface area contributed by atoms with E-state index in [0.29, 0.717) is 0 Å². The quantitative estimate of drug-likeness (QED) is 0.210. The van der Waals surface area contributed by atoms with Crippen LogP contribution in [0.5, 0.6) is 0 Å². The molecule has 1 aliphatic heterocycles. The van der Waals surface area contributed by atoms with Crippen molar-refractivity contribution in [3.05, 3.63) is 108 Å². The van der Waals surface area contributed by atoms with Crippen LogP contribution in [0.15, 0.2) is 91.0 Å². The van der Waals surface area contributed by atoms with E-state index in [1.54, 1.807) is 112 Å². The zero-order valence-electron chi connectivity index (χ0n) is 29.4. The largest absolute Gasteiger partial charge is 0.459 e. The Labute approximate surface area is 296 Å². The summed E-state index contributed by atoms with van der Waals surface area (Å²) in [6.45, 7) is 9.64. The summed E-state index contributed by atoms with van der Waals surface area (Å²) in [5, 5.41) is 0. The average Bonchev–Trinajstić information content (AvgIpc) is 3.30. The number of benzene rings is 3. The molecule has 11 heteroatoms. The van der Waals surface area contributed by atoms with Crippen LogP contribution in [-0.4, -0.2) is 71.6 Å². The third-order valence-electron chi connectivity index (χ3n) is 10.7. The number of carbonyl (C=O) groups excluding carboxylic acids is 5. The Morgan fingerprint density at radius 1 is 0.588 bits per heavy atom. The van der Waals surface area contributed by atoms with Crippen molar-refractivity contribution in [2.45, 2.75) is 89.7 Å². The summed E-state index contributed by atoms with van der Waals surface area (Å²) in [5.74, 6) is -4.86. The van der Waals surface area contributed by atoms with Gasteiger partial charge in [-0.2, -0.15) is 0 Å². The summed E-state index contributed by atoms with van der Waals surface area (Å²) < 4.78 is 38.3. The molecule has 6 rings (SSSR count). The molecule has 2 aliphatic carbocycles. The fourth-order valence-electron chi connectivity index (χ4n) is 8.71.